The van der Waals surface area contributed by atoms with Gasteiger partial charge in [0.15, 0.2) is 10.7 Å². The number of aromatic nitrogens is 4. The normalized spacial score (nSPS) is 10.8. The Kier molecular flexibility index (Phi) is 7.88. The van der Waals surface area contributed by atoms with Gasteiger partial charge in [0.1, 0.15) is 6.33 Å². The van der Waals surface area contributed by atoms with E-state index in [-0.39, 0.29) is 42.6 Å². The molecule has 2 rings (SSSR count). The standard InChI is InChI=1S/C15H21N7O7S/c1-5-28-13-11(12(16-8-17-13)21-29-6-2)30(24,25)22-15(23)20-14-18-9(26-3)7-10(19-14)27-4/h7-8H,5-6H2,1-4H3,(H,16,17,21)(H2,18,19,20,22,23). The summed E-state index contributed by atoms with van der Waals surface area (Å²) in [5.41, 5.74) is 2.38. The van der Waals surface area contributed by atoms with Crippen LogP contribution in [0.15, 0.2) is 17.3 Å². The van der Waals surface area contributed by atoms with Gasteiger partial charge in [0.05, 0.1) is 33.5 Å². The summed E-state index contributed by atoms with van der Waals surface area (Å²) in [5.74, 6) is -0.540. The SMILES string of the molecule is CCONc1ncnc(OCC)c1S(=O)(=O)NC(=O)Nc1nc(OC)cc(OC)n1. The first-order chi connectivity index (χ1) is 14.3. The van der Waals surface area contributed by atoms with Gasteiger partial charge in [-0.1, -0.05) is 0 Å². The zero-order valence-corrected chi connectivity index (χ0v) is 17.4. The van der Waals surface area contributed by atoms with Crippen molar-refractivity contribution < 1.29 is 32.3 Å². The summed E-state index contributed by atoms with van der Waals surface area (Å²) >= 11 is 0. The van der Waals surface area contributed by atoms with Crippen LogP contribution in [0.3, 0.4) is 0 Å². The average Bonchev–Trinajstić information content (AvgIpc) is 2.71. The Hall–Kier alpha value is -3.46. The summed E-state index contributed by atoms with van der Waals surface area (Å²) in [6.45, 7) is 3.66. The average molecular weight is 443 g/mol. The third kappa shape index (κ3) is 5.77. The van der Waals surface area contributed by atoms with Gasteiger partial charge in [-0.05, 0) is 13.8 Å². The van der Waals surface area contributed by atoms with Crippen LogP contribution in [0.1, 0.15) is 13.8 Å². The second-order valence-electron chi connectivity index (χ2n) is 5.16. The predicted octanol–water partition coefficient (Wildman–Crippen LogP) is 0.556. The van der Waals surface area contributed by atoms with E-state index >= 15 is 0 Å². The van der Waals surface area contributed by atoms with Crippen LogP contribution in [0.2, 0.25) is 0 Å². The van der Waals surface area contributed by atoms with E-state index < -0.39 is 20.9 Å². The number of anilines is 2. The molecular formula is C15H21N7O7S. The fraction of sp³-hybridized carbons (Fsp3) is 0.400. The Morgan fingerprint density at radius 1 is 1.07 bits per heavy atom. The quantitative estimate of drug-likeness (QED) is 0.435. The molecule has 0 aromatic carbocycles. The van der Waals surface area contributed by atoms with Crippen LogP contribution >= 0.6 is 0 Å². The topological polar surface area (TPSA) is 176 Å². The minimum Gasteiger partial charge on any atom is -0.481 e. The summed E-state index contributed by atoms with van der Waals surface area (Å²) < 4.78 is 42.7. The highest BCUT2D eigenvalue weighted by Crippen LogP contribution is 2.27. The summed E-state index contributed by atoms with van der Waals surface area (Å²) in [7, 11) is -1.79. The molecule has 0 aliphatic carbocycles. The van der Waals surface area contributed by atoms with E-state index in [4.69, 9.17) is 19.0 Å². The number of ether oxygens (including phenoxy) is 3. The number of carbonyl (C=O) groups excluding carboxylic acids is 1. The molecule has 30 heavy (non-hydrogen) atoms. The number of hydrogen-bond acceptors (Lipinski definition) is 12. The smallest absolute Gasteiger partial charge is 0.335 e. The lowest BCUT2D eigenvalue weighted by Crippen LogP contribution is -2.35. The maximum absolute atomic E-state index is 12.8. The van der Waals surface area contributed by atoms with Crippen molar-refractivity contribution >= 4 is 27.8 Å². The molecule has 0 saturated heterocycles. The predicted molar refractivity (Wildman–Crippen MR) is 103 cm³/mol. The van der Waals surface area contributed by atoms with E-state index in [9.17, 15) is 13.2 Å². The molecule has 2 aromatic heterocycles. The van der Waals surface area contributed by atoms with Crippen molar-refractivity contribution in [2.24, 2.45) is 0 Å². The molecular weight excluding hydrogens is 422 g/mol. The Morgan fingerprint density at radius 2 is 1.73 bits per heavy atom. The van der Waals surface area contributed by atoms with Crippen LogP contribution in [0.5, 0.6) is 17.6 Å². The van der Waals surface area contributed by atoms with E-state index in [0.29, 0.717) is 0 Å². The number of methoxy groups -OCH3 is 2. The monoisotopic (exact) mass is 443 g/mol. The molecule has 164 valence electrons. The van der Waals surface area contributed by atoms with Gasteiger partial charge in [0, 0.05) is 0 Å². The number of amides is 2. The van der Waals surface area contributed by atoms with Crippen molar-refractivity contribution in [2.75, 3.05) is 38.2 Å². The van der Waals surface area contributed by atoms with Gasteiger partial charge in [-0.25, -0.2) is 33.4 Å². The number of rotatable bonds is 10. The van der Waals surface area contributed by atoms with Crippen molar-refractivity contribution in [1.82, 2.24) is 24.7 Å². The molecule has 0 fully saturated rings. The first kappa shape index (κ1) is 22.8. The van der Waals surface area contributed by atoms with E-state index in [1.165, 1.54) is 20.3 Å². The fourth-order valence-corrected chi connectivity index (χ4v) is 3.11. The maximum Gasteiger partial charge on any atom is 0.335 e. The molecule has 2 amide bonds. The molecule has 3 N–H and O–H groups in total. The Balaban J connectivity index is 2.31. The highest BCUT2D eigenvalue weighted by atomic mass is 32.2. The number of carbonyl (C=O) groups is 1. The Morgan fingerprint density at radius 3 is 2.30 bits per heavy atom. The lowest BCUT2D eigenvalue weighted by Gasteiger charge is -2.14. The van der Waals surface area contributed by atoms with E-state index in [2.05, 4.69) is 30.7 Å². The number of nitrogens with one attached hydrogen (secondary N) is 3. The fourth-order valence-electron chi connectivity index (χ4n) is 2.02. The lowest BCUT2D eigenvalue weighted by molar-refractivity contribution is 0.207. The van der Waals surface area contributed by atoms with Gasteiger partial charge >= 0.3 is 6.03 Å². The number of urea groups is 1. The number of sulfonamides is 1. The van der Waals surface area contributed by atoms with Crippen molar-refractivity contribution in [3.8, 4) is 17.6 Å². The molecule has 2 aromatic rings. The minimum absolute atomic E-state index is 0.0956. The van der Waals surface area contributed by atoms with Crippen molar-refractivity contribution in [3.63, 3.8) is 0 Å². The molecule has 0 saturated carbocycles. The zero-order valence-electron chi connectivity index (χ0n) is 16.6. The third-order valence-corrected chi connectivity index (χ3v) is 4.54. The van der Waals surface area contributed by atoms with Crippen LogP contribution < -0.4 is 29.7 Å². The molecule has 0 radical (unpaired) electrons. The molecule has 0 spiro atoms. The van der Waals surface area contributed by atoms with Gasteiger partial charge in [0.2, 0.25) is 23.6 Å². The summed E-state index contributed by atoms with van der Waals surface area (Å²) in [5, 5.41) is 2.19. The molecule has 14 nitrogen and oxygen atoms in total. The van der Waals surface area contributed by atoms with Crippen LogP contribution in [0.25, 0.3) is 0 Å². The molecule has 0 aliphatic heterocycles. The second kappa shape index (κ2) is 10.4. The van der Waals surface area contributed by atoms with E-state index in [1.54, 1.807) is 13.8 Å². The second-order valence-corrected chi connectivity index (χ2v) is 6.78. The molecule has 0 unspecified atom stereocenters. The maximum atomic E-state index is 12.8. The van der Waals surface area contributed by atoms with Crippen LogP contribution in [0, 0.1) is 0 Å². The molecule has 0 aliphatic rings. The van der Waals surface area contributed by atoms with Crippen molar-refractivity contribution in [1.29, 1.82) is 0 Å². The van der Waals surface area contributed by atoms with Crippen LogP contribution in [0.4, 0.5) is 16.6 Å². The van der Waals surface area contributed by atoms with E-state index in [1.807, 2.05) is 4.72 Å². The van der Waals surface area contributed by atoms with Crippen molar-refractivity contribution in [2.45, 2.75) is 18.7 Å². The first-order valence-corrected chi connectivity index (χ1v) is 9.99. The molecule has 0 bridgehead atoms. The van der Waals surface area contributed by atoms with Gasteiger partial charge in [0.25, 0.3) is 10.0 Å². The molecule has 15 heteroatoms. The zero-order chi connectivity index (χ0) is 22.1. The van der Waals surface area contributed by atoms with Gasteiger partial charge < -0.3 is 14.2 Å². The lowest BCUT2D eigenvalue weighted by atomic mass is 10.5. The number of hydrogen-bond donors (Lipinski definition) is 3. The highest BCUT2D eigenvalue weighted by Gasteiger charge is 2.29. The Labute approximate surface area is 172 Å². The molecule has 0 atom stereocenters. The van der Waals surface area contributed by atoms with Crippen LogP contribution in [-0.2, 0) is 14.9 Å². The van der Waals surface area contributed by atoms with Crippen LogP contribution in [-0.4, -0.2) is 61.8 Å². The summed E-state index contributed by atoms with van der Waals surface area (Å²) in [4.78, 5) is 32.2. The highest BCUT2D eigenvalue weighted by molar-refractivity contribution is 7.90. The van der Waals surface area contributed by atoms with E-state index in [0.717, 1.165) is 6.33 Å². The van der Waals surface area contributed by atoms with Crippen molar-refractivity contribution in [3.05, 3.63) is 12.4 Å². The minimum atomic E-state index is -4.50. The summed E-state index contributed by atoms with van der Waals surface area (Å²) in [6, 6.07) is 0.222. The van der Waals surface area contributed by atoms with Gasteiger partial charge in [-0.3, -0.25) is 10.2 Å². The van der Waals surface area contributed by atoms with Gasteiger partial charge in [-0.15, -0.1) is 0 Å². The largest absolute Gasteiger partial charge is 0.481 e. The molecule has 2 heterocycles. The first-order valence-electron chi connectivity index (χ1n) is 8.51. The number of nitrogens with zero attached hydrogens (tertiary/aromatic N) is 4. The summed E-state index contributed by atoms with van der Waals surface area (Å²) in [6.07, 6.45) is 1.09. The van der Waals surface area contributed by atoms with Gasteiger partial charge in [-0.2, -0.15) is 9.97 Å². The third-order valence-electron chi connectivity index (χ3n) is 3.18. The Bertz CT molecular complexity index is 965.